The minimum Gasteiger partial charge on any atom is -0.376 e. The van der Waals surface area contributed by atoms with E-state index in [1.165, 1.54) is 12.0 Å². The molecule has 2 heterocycles. The first-order valence-electron chi connectivity index (χ1n) is 7.22. The van der Waals surface area contributed by atoms with Gasteiger partial charge in [-0.15, -0.1) is 0 Å². The fraction of sp³-hybridized carbons (Fsp3) is 0.667. The van der Waals surface area contributed by atoms with Crippen LogP contribution in [0.1, 0.15) is 31.7 Å². The van der Waals surface area contributed by atoms with Gasteiger partial charge in [0.2, 0.25) is 0 Å². The van der Waals surface area contributed by atoms with E-state index in [2.05, 4.69) is 36.0 Å². The number of likely N-dealkylation sites (N-methyl/N-ethyl adjacent to an activating group) is 1. The summed E-state index contributed by atoms with van der Waals surface area (Å²) in [6, 6.07) is 4.44. The predicted molar refractivity (Wildman–Crippen MR) is 78.5 cm³/mol. The van der Waals surface area contributed by atoms with Crippen molar-refractivity contribution in [2.24, 2.45) is 5.73 Å². The predicted octanol–water partition coefficient (Wildman–Crippen LogP) is 1.98. The summed E-state index contributed by atoms with van der Waals surface area (Å²) in [6.45, 7) is 3.93. The topological polar surface area (TPSA) is 51.4 Å². The first-order chi connectivity index (χ1) is 9.19. The summed E-state index contributed by atoms with van der Waals surface area (Å²) in [7, 11) is 2.07. The summed E-state index contributed by atoms with van der Waals surface area (Å²) >= 11 is 0. The first kappa shape index (κ1) is 14.3. The van der Waals surface area contributed by atoms with Gasteiger partial charge in [-0.25, -0.2) is 4.98 Å². The van der Waals surface area contributed by atoms with Gasteiger partial charge in [0.1, 0.15) is 5.82 Å². The molecule has 0 aromatic carbocycles. The molecule has 0 saturated carbocycles. The summed E-state index contributed by atoms with van der Waals surface area (Å²) in [5.74, 6) is 1.00. The average molecular weight is 263 g/mol. The quantitative estimate of drug-likeness (QED) is 0.852. The molecule has 2 unspecified atom stereocenters. The van der Waals surface area contributed by atoms with E-state index in [1.807, 2.05) is 6.20 Å². The van der Waals surface area contributed by atoms with Crippen molar-refractivity contribution in [1.29, 1.82) is 0 Å². The number of ether oxygens (including phenoxy) is 1. The number of rotatable bonds is 6. The van der Waals surface area contributed by atoms with Gasteiger partial charge in [-0.1, -0.05) is 13.0 Å². The van der Waals surface area contributed by atoms with E-state index in [1.54, 1.807) is 0 Å². The molecule has 2 rings (SSSR count). The summed E-state index contributed by atoms with van der Waals surface area (Å²) in [6.07, 6.45) is 6.55. The lowest BCUT2D eigenvalue weighted by Gasteiger charge is -2.22. The van der Waals surface area contributed by atoms with Crippen molar-refractivity contribution in [3.05, 3.63) is 23.9 Å². The molecule has 0 aliphatic carbocycles. The SMILES string of the molecule is CCC(N)Cc1ccc(N(C)CC2CCCO2)nc1. The number of nitrogens with two attached hydrogens (primary N) is 1. The molecule has 4 nitrogen and oxygen atoms in total. The molecule has 1 fully saturated rings. The third-order valence-corrected chi connectivity index (χ3v) is 3.72. The second-order valence-corrected chi connectivity index (χ2v) is 5.41. The van der Waals surface area contributed by atoms with Gasteiger partial charge in [-0.05, 0) is 37.3 Å². The second kappa shape index (κ2) is 6.87. The molecule has 2 atom stereocenters. The maximum absolute atomic E-state index is 5.96. The van der Waals surface area contributed by atoms with Crippen LogP contribution in [0, 0.1) is 0 Å². The highest BCUT2D eigenvalue weighted by atomic mass is 16.5. The van der Waals surface area contributed by atoms with Crippen molar-refractivity contribution in [2.75, 3.05) is 25.1 Å². The van der Waals surface area contributed by atoms with Crippen molar-refractivity contribution in [3.63, 3.8) is 0 Å². The van der Waals surface area contributed by atoms with Crippen LogP contribution in [0.5, 0.6) is 0 Å². The van der Waals surface area contributed by atoms with E-state index in [9.17, 15) is 0 Å². The maximum Gasteiger partial charge on any atom is 0.128 e. The Kier molecular flexibility index (Phi) is 5.16. The van der Waals surface area contributed by atoms with Gasteiger partial charge in [0.05, 0.1) is 6.10 Å². The van der Waals surface area contributed by atoms with Crippen LogP contribution in [0.25, 0.3) is 0 Å². The molecule has 0 radical (unpaired) electrons. The fourth-order valence-electron chi connectivity index (χ4n) is 2.40. The van der Waals surface area contributed by atoms with Gasteiger partial charge in [-0.2, -0.15) is 0 Å². The Labute approximate surface area is 116 Å². The maximum atomic E-state index is 5.96. The average Bonchev–Trinajstić information content (AvgIpc) is 2.92. The molecule has 0 amide bonds. The summed E-state index contributed by atoms with van der Waals surface area (Å²) in [4.78, 5) is 6.69. The largest absolute Gasteiger partial charge is 0.376 e. The lowest BCUT2D eigenvalue weighted by molar-refractivity contribution is 0.116. The number of nitrogens with zero attached hydrogens (tertiary/aromatic N) is 2. The summed E-state index contributed by atoms with van der Waals surface area (Å²) in [5.41, 5.74) is 7.17. The van der Waals surface area contributed by atoms with Crippen LogP contribution < -0.4 is 10.6 Å². The Morgan fingerprint density at radius 2 is 2.37 bits per heavy atom. The van der Waals surface area contributed by atoms with Gasteiger partial charge in [0.25, 0.3) is 0 Å². The molecule has 19 heavy (non-hydrogen) atoms. The molecule has 1 aliphatic heterocycles. The number of aromatic nitrogens is 1. The molecule has 106 valence electrons. The molecular formula is C15H25N3O. The smallest absolute Gasteiger partial charge is 0.128 e. The monoisotopic (exact) mass is 263 g/mol. The van der Waals surface area contributed by atoms with Crippen LogP contribution in [-0.2, 0) is 11.2 Å². The minimum atomic E-state index is 0.234. The zero-order valence-corrected chi connectivity index (χ0v) is 12.0. The molecule has 0 spiro atoms. The van der Waals surface area contributed by atoms with Crippen LogP contribution >= 0.6 is 0 Å². The van der Waals surface area contributed by atoms with Gasteiger partial charge < -0.3 is 15.4 Å². The molecule has 1 aliphatic rings. The molecule has 1 aromatic heterocycles. The fourth-order valence-corrected chi connectivity index (χ4v) is 2.40. The van der Waals surface area contributed by atoms with Gasteiger partial charge in [0, 0.05) is 32.4 Å². The van der Waals surface area contributed by atoms with Gasteiger partial charge in [-0.3, -0.25) is 0 Å². The van der Waals surface area contributed by atoms with Gasteiger partial charge in [0.15, 0.2) is 0 Å². The highest BCUT2D eigenvalue weighted by molar-refractivity contribution is 5.38. The van der Waals surface area contributed by atoms with Gasteiger partial charge >= 0.3 is 0 Å². The zero-order valence-electron chi connectivity index (χ0n) is 12.0. The van der Waals surface area contributed by atoms with Crippen LogP contribution in [0.4, 0.5) is 5.82 Å². The number of hydrogen-bond donors (Lipinski definition) is 1. The minimum absolute atomic E-state index is 0.234. The van der Waals surface area contributed by atoms with E-state index in [0.717, 1.165) is 38.2 Å². The number of anilines is 1. The lowest BCUT2D eigenvalue weighted by Crippen LogP contribution is -2.29. The molecule has 4 heteroatoms. The lowest BCUT2D eigenvalue weighted by atomic mass is 10.1. The Hall–Kier alpha value is -1.13. The first-order valence-corrected chi connectivity index (χ1v) is 7.22. The Morgan fingerprint density at radius 1 is 1.53 bits per heavy atom. The molecular weight excluding hydrogens is 238 g/mol. The highest BCUT2D eigenvalue weighted by Crippen LogP contribution is 2.17. The summed E-state index contributed by atoms with van der Waals surface area (Å²) < 4.78 is 5.65. The van der Waals surface area contributed by atoms with Crippen molar-refractivity contribution in [2.45, 2.75) is 44.8 Å². The third-order valence-electron chi connectivity index (χ3n) is 3.72. The third kappa shape index (κ3) is 4.18. The highest BCUT2D eigenvalue weighted by Gasteiger charge is 2.18. The van der Waals surface area contributed by atoms with Crippen molar-refractivity contribution in [3.8, 4) is 0 Å². The van der Waals surface area contributed by atoms with Crippen molar-refractivity contribution in [1.82, 2.24) is 4.98 Å². The van der Waals surface area contributed by atoms with E-state index in [-0.39, 0.29) is 6.04 Å². The van der Waals surface area contributed by atoms with Crippen LogP contribution in [0.3, 0.4) is 0 Å². The van der Waals surface area contributed by atoms with Crippen molar-refractivity contribution >= 4 is 5.82 Å². The van der Waals surface area contributed by atoms with E-state index in [4.69, 9.17) is 10.5 Å². The Balaban J connectivity index is 1.89. The van der Waals surface area contributed by atoms with E-state index >= 15 is 0 Å². The number of hydrogen-bond acceptors (Lipinski definition) is 4. The normalized spacial score (nSPS) is 20.5. The zero-order chi connectivity index (χ0) is 13.7. The van der Waals surface area contributed by atoms with Crippen LogP contribution in [0.15, 0.2) is 18.3 Å². The molecule has 2 N–H and O–H groups in total. The number of pyridine rings is 1. The molecule has 0 bridgehead atoms. The van der Waals surface area contributed by atoms with E-state index in [0.29, 0.717) is 6.10 Å². The Morgan fingerprint density at radius 3 is 2.95 bits per heavy atom. The van der Waals surface area contributed by atoms with Crippen LogP contribution in [-0.4, -0.2) is 37.3 Å². The molecule has 1 saturated heterocycles. The standard InChI is InChI=1S/C15H25N3O/c1-3-13(16)9-12-6-7-15(17-10-12)18(2)11-14-5-4-8-19-14/h6-7,10,13-14H,3-5,8-9,11,16H2,1-2H3. The second-order valence-electron chi connectivity index (χ2n) is 5.41. The Bertz CT molecular complexity index is 373. The molecule has 1 aromatic rings. The van der Waals surface area contributed by atoms with E-state index < -0.39 is 0 Å². The van der Waals surface area contributed by atoms with Crippen molar-refractivity contribution < 1.29 is 4.74 Å². The van der Waals surface area contributed by atoms with Crippen LogP contribution in [0.2, 0.25) is 0 Å². The summed E-state index contributed by atoms with van der Waals surface area (Å²) in [5, 5.41) is 0.